The summed E-state index contributed by atoms with van der Waals surface area (Å²) in [5.41, 5.74) is 0.923. The maximum Gasteiger partial charge on any atom is 0.338 e. The van der Waals surface area contributed by atoms with E-state index >= 15 is 0 Å². The zero-order valence-electron chi connectivity index (χ0n) is 15.5. The summed E-state index contributed by atoms with van der Waals surface area (Å²) in [5, 5.41) is 0. The summed E-state index contributed by atoms with van der Waals surface area (Å²) >= 11 is 0. The molecular weight excluding hydrogens is 364 g/mol. The first-order valence-electron chi connectivity index (χ1n) is 8.91. The molecular formula is C20H24N2O4S. The molecule has 27 heavy (non-hydrogen) atoms. The number of hydrogen-bond donors (Lipinski definition) is 0. The first-order valence-corrected chi connectivity index (χ1v) is 10.4. The number of carbonyl (C=O) groups is 1. The number of ether oxygens (including phenoxy) is 1. The Balaban J connectivity index is 1.71. The van der Waals surface area contributed by atoms with E-state index in [-0.39, 0.29) is 11.0 Å². The predicted molar refractivity (Wildman–Crippen MR) is 104 cm³/mol. The second-order valence-electron chi connectivity index (χ2n) is 6.76. The SMILES string of the molecule is CN1CCC[C@@H](OC(=O)c2ccc(S(=O)(=O)N(C)c3ccccc3)cc2)C1. The van der Waals surface area contributed by atoms with Gasteiger partial charge in [0, 0.05) is 13.6 Å². The summed E-state index contributed by atoms with van der Waals surface area (Å²) in [7, 11) is -0.185. The molecule has 6 nitrogen and oxygen atoms in total. The van der Waals surface area contributed by atoms with Crippen molar-refractivity contribution in [1.82, 2.24) is 4.90 Å². The molecule has 144 valence electrons. The third-order valence-corrected chi connectivity index (χ3v) is 6.52. The molecule has 0 aliphatic carbocycles. The molecule has 1 saturated heterocycles. The van der Waals surface area contributed by atoms with E-state index in [0.717, 1.165) is 25.9 Å². The van der Waals surface area contributed by atoms with Crippen LogP contribution in [0.3, 0.4) is 0 Å². The molecule has 0 N–H and O–H groups in total. The lowest BCUT2D eigenvalue weighted by Gasteiger charge is -2.29. The van der Waals surface area contributed by atoms with E-state index in [1.54, 1.807) is 24.3 Å². The van der Waals surface area contributed by atoms with Crippen LogP contribution in [0.25, 0.3) is 0 Å². The van der Waals surface area contributed by atoms with Crippen molar-refractivity contribution in [2.45, 2.75) is 23.8 Å². The lowest BCUT2D eigenvalue weighted by molar-refractivity contribution is 0.0108. The third kappa shape index (κ3) is 4.48. The maximum absolute atomic E-state index is 12.8. The molecule has 1 heterocycles. The number of likely N-dealkylation sites (N-methyl/N-ethyl adjacent to an activating group) is 1. The van der Waals surface area contributed by atoms with Gasteiger partial charge in [-0.2, -0.15) is 0 Å². The fourth-order valence-corrected chi connectivity index (χ4v) is 4.33. The van der Waals surface area contributed by atoms with E-state index in [9.17, 15) is 13.2 Å². The number of rotatable bonds is 5. The van der Waals surface area contributed by atoms with E-state index in [2.05, 4.69) is 4.90 Å². The van der Waals surface area contributed by atoms with Crippen molar-refractivity contribution in [3.8, 4) is 0 Å². The highest BCUT2D eigenvalue weighted by Gasteiger charge is 2.24. The van der Waals surface area contributed by atoms with Crippen molar-refractivity contribution in [3.63, 3.8) is 0 Å². The Morgan fingerprint density at radius 1 is 1.11 bits per heavy atom. The number of nitrogens with zero attached hydrogens (tertiary/aromatic N) is 2. The van der Waals surface area contributed by atoms with E-state index < -0.39 is 16.0 Å². The number of likely N-dealkylation sites (tertiary alicyclic amines) is 1. The lowest BCUT2D eigenvalue weighted by Crippen LogP contribution is -2.38. The van der Waals surface area contributed by atoms with Crippen LogP contribution in [0.15, 0.2) is 59.5 Å². The van der Waals surface area contributed by atoms with Crippen LogP contribution in [0.1, 0.15) is 23.2 Å². The average molecular weight is 388 g/mol. The smallest absolute Gasteiger partial charge is 0.338 e. The van der Waals surface area contributed by atoms with Gasteiger partial charge in [-0.15, -0.1) is 0 Å². The van der Waals surface area contributed by atoms with Gasteiger partial charge in [-0.25, -0.2) is 13.2 Å². The molecule has 0 bridgehead atoms. The molecule has 1 fully saturated rings. The van der Waals surface area contributed by atoms with E-state index in [0.29, 0.717) is 11.3 Å². The fourth-order valence-electron chi connectivity index (χ4n) is 3.13. The lowest BCUT2D eigenvalue weighted by atomic mass is 10.1. The van der Waals surface area contributed by atoms with Gasteiger partial charge < -0.3 is 9.64 Å². The van der Waals surface area contributed by atoms with Gasteiger partial charge in [0.2, 0.25) is 0 Å². The van der Waals surface area contributed by atoms with Crippen molar-refractivity contribution >= 4 is 21.7 Å². The summed E-state index contributed by atoms with van der Waals surface area (Å²) in [4.78, 5) is 14.6. The molecule has 7 heteroatoms. The minimum absolute atomic E-state index is 0.121. The summed E-state index contributed by atoms with van der Waals surface area (Å²) in [6.07, 6.45) is 1.73. The fraction of sp³-hybridized carbons (Fsp3) is 0.350. The molecule has 3 rings (SSSR count). The maximum atomic E-state index is 12.8. The molecule has 0 radical (unpaired) electrons. The molecule has 1 aliphatic heterocycles. The number of hydrogen-bond acceptors (Lipinski definition) is 5. The van der Waals surface area contributed by atoms with Gasteiger partial charge in [-0.1, -0.05) is 18.2 Å². The highest BCUT2D eigenvalue weighted by atomic mass is 32.2. The van der Waals surface area contributed by atoms with Gasteiger partial charge in [0.25, 0.3) is 10.0 Å². The van der Waals surface area contributed by atoms with Gasteiger partial charge in [0.1, 0.15) is 6.10 Å². The molecule has 0 aromatic heterocycles. The van der Waals surface area contributed by atoms with Crippen LogP contribution in [-0.4, -0.2) is 52.6 Å². The van der Waals surface area contributed by atoms with Crippen LogP contribution in [0.2, 0.25) is 0 Å². The van der Waals surface area contributed by atoms with Crippen molar-refractivity contribution in [1.29, 1.82) is 0 Å². The number of carbonyl (C=O) groups excluding carboxylic acids is 1. The Labute approximate surface area is 160 Å². The molecule has 2 aromatic rings. The summed E-state index contributed by atoms with van der Waals surface area (Å²) in [6, 6.07) is 14.7. The molecule has 2 aromatic carbocycles. The number of benzene rings is 2. The van der Waals surface area contributed by atoms with Crippen molar-refractivity contribution < 1.29 is 17.9 Å². The Morgan fingerprint density at radius 3 is 2.41 bits per heavy atom. The second kappa shape index (κ2) is 8.10. The number of piperidine rings is 1. The van der Waals surface area contributed by atoms with Crippen molar-refractivity contribution in [3.05, 3.63) is 60.2 Å². The van der Waals surface area contributed by atoms with Crippen LogP contribution in [-0.2, 0) is 14.8 Å². The Morgan fingerprint density at radius 2 is 1.78 bits per heavy atom. The van der Waals surface area contributed by atoms with Crippen LogP contribution in [0, 0.1) is 0 Å². The molecule has 0 saturated carbocycles. The number of para-hydroxylation sites is 1. The summed E-state index contributed by atoms with van der Waals surface area (Å²) in [5.74, 6) is -0.421. The van der Waals surface area contributed by atoms with Gasteiger partial charge in [-0.05, 0) is 62.8 Å². The Bertz CT molecular complexity index is 882. The topological polar surface area (TPSA) is 66.9 Å². The predicted octanol–water partition coefficient (Wildman–Crippen LogP) is 2.76. The largest absolute Gasteiger partial charge is 0.457 e. The molecule has 1 aliphatic rings. The minimum atomic E-state index is -3.69. The van der Waals surface area contributed by atoms with Gasteiger partial charge >= 0.3 is 5.97 Å². The van der Waals surface area contributed by atoms with Crippen LogP contribution < -0.4 is 4.31 Å². The normalized spacial score (nSPS) is 18.1. The molecule has 0 spiro atoms. The number of sulfonamides is 1. The number of anilines is 1. The number of esters is 1. The Kier molecular flexibility index (Phi) is 5.82. The zero-order valence-corrected chi connectivity index (χ0v) is 16.4. The van der Waals surface area contributed by atoms with Gasteiger partial charge in [-0.3, -0.25) is 4.31 Å². The van der Waals surface area contributed by atoms with Crippen molar-refractivity contribution in [2.24, 2.45) is 0 Å². The van der Waals surface area contributed by atoms with Gasteiger partial charge in [0.05, 0.1) is 16.1 Å². The standard InChI is InChI=1S/C20H24N2O4S/c1-21-14-6-9-18(15-21)26-20(23)16-10-12-19(13-11-16)27(24,25)22(2)17-7-4-3-5-8-17/h3-5,7-8,10-13,18H,6,9,14-15H2,1-2H3/t18-/m1/s1. The van der Waals surface area contributed by atoms with Crippen molar-refractivity contribution in [2.75, 3.05) is 31.5 Å². The highest BCUT2D eigenvalue weighted by molar-refractivity contribution is 7.92. The minimum Gasteiger partial charge on any atom is -0.457 e. The van der Waals surface area contributed by atoms with Crippen LogP contribution in [0.5, 0.6) is 0 Å². The van der Waals surface area contributed by atoms with Gasteiger partial charge in [0.15, 0.2) is 0 Å². The average Bonchev–Trinajstić information content (AvgIpc) is 2.68. The molecule has 1 atom stereocenters. The summed E-state index contributed by atoms with van der Waals surface area (Å²) in [6.45, 7) is 1.73. The quantitative estimate of drug-likeness (QED) is 0.737. The van der Waals surface area contributed by atoms with E-state index in [4.69, 9.17) is 4.74 Å². The van der Waals surface area contributed by atoms with E-state index in [1.165, 1.54) is 35.6 Å². The highest BCUT2D eigenvalue weighted by Crippen LogP contribution is 2.22. The van der Waals surface area contributed by atoms with Crippen LogP contribution >= 0.6 is 0 Å². The van der Waals surface area contributed by atoms with E-state index in [1.807, 2.05) is 13.1 Å². The second-order valence-corrected chi connectivity index (χ2v) is 8.73. The molecule has 0 amide bonds. The summed E-state index contributed by atoms with van der Waals surface area (Å²) < 4.78 is 32.3. The first kappa shape index (κ1) is 19.4. The third-order valence-electron chi connectivity index (χ3n) is 4.72. The van der Waals surface area contributed by atoms with Crippen LogP contribution in [0.4, 0.5) is 5.69 Å². The molecule has 0 unspecified atom stereocenters. The Hall–Kier alpha value is -2.38. The zero-order chi connectivity index (χ0) is 19.4. The monoisotopic (exact) mass is 388 g/mol. The first-order chi connectivity index (χ1) is 12.9.